The Labute approximate surface area is 217 Å². The second-order valence-electron chi connectivity index (χ2n) is 8.58. The molecule has 0 aromatic heterocycles. The molecule has 1 aliphatic rings. The van der Waals surface area contributed by atoms with E-state index < -0.39 is 24.3 Å². The summed E-state index contributed by atoms with van der Waals surface area (Å²) in [7, 11) is 1.49. The van der Waals surface area contributed by atoms with Gasteiger partial charge >= 0.3 is 11.9 Å². The quantitative estimate of drug-likeness (QED) is 0.316. The van der Waals surface area contributed by atoms with Crippen LogP contribution in [0, 0.1) is 0 Å². The molecule has 7 nitrogen and oxygen atoms in total. The lowest BCUT2D eigenvalue weighted by Gasteiger charge is -2.38. The van der Waals surface area contributed by atoms with E-state index in [1.807, 2.05) is 91.0 Å². The molecule has 0 saturated heterocycles. The van der Waals surface area contributed by atoms with Crippen LogP contribution < -0.4 is 0 Å². The molecule has 0 amide bonds. The van der Waals surface area contributed by atoms with Crippen LogP contribution in [0.3, 0.4) is 0 Å². The minimum atomic E-state index is -0.890. The Morgan fingerprint density at radius 3 is 1.86 bits per heavy atom. The SMILES string of the molecule is COC1=C(OCc2ccccc2)C(OC(C)=O)[C@H](OCc2ccccc2)C(COCc2ccccc2)O1. The van der Waals surface area contributed by atoms with Crippen molar-refractivity contribution in [3.8, 4) is 0 Å². The minimum Gasteiger partial charge on any atom is -0.483 e. The first-order valence-corrected chi connectivity index (χ1v) is 12.2. The average Bonchev–Trinajstić information content (AvgIpc) is 2.93. The first kappa shape index (κ1) is 26.3. The number of benzene rings is 3. The molecule has 37 heavy (non-hydrogen) atoms. The smallest absolute Gasteiger partial charge is 0.323 e. The van der Waals surface area contributed by atoms with Crippen molar-refractivity contribution >= 4 is 5.97 Å². The van der Waals surface area contributed by atoms with Crippen molar-refractivity contribution in [2.75, 3.05) is 13.7 Å². The summed E-state index contributed by atoms with van der Waals surface area (Å²) in [6.45, 7) is 2.46. The summed E-state index contributed by atoms with van der Waals surface area (Å²) in [6, 6.07) is 29.3. The van der Waals surface area contributed by atoms with Crippen molar-refractivity contribution in [3.63, 3.8) is 0 Å². The lowest BCUT2D eigenvalue weighted by Crippen LogP contribution is -2.50. The van der Waals surface area contributed by atoms with Crippen molar-refractivity contribution in [2.45, 2.75) is 45.1 Å². The average molecular weight is 505 g/mol. The molecule has 0 aliphatic carbocycles. The highest BCUT2D eigenvalue weighted by Gasteiger charge is 2.45. The number of rotatable bonds is 12. The third-order valence-electron chi connectivity index (χ3n) is 5.78. The second kappa shape index (κ2) is 13.5. The van der Waals surface area contributed by atoms with Crippen LogP contribution in [0.25, 0.3) is 0 Å². The van der Waals surface area contributed by atoms with Gasteiger partial charge < -0.3 is 28.4 Å². The van der Waals surface area contributed by atoms with E-state index in [-0.39, 0.29) is 31.5 Å². The van der Waals surface area contributed by atoms with Gasteiger partial charge in [0.05, 0.1) is 26.9 Å². The molecule has 7 heteroatoms. The summed E-state index contributed by atoms with van der Waals surface area (Å²) < 4.78 is 35.9. The zero-order chi connectivity index (χ0) is 25.9. The summed E-state index contributed by atoms with van der Waals surface area (Å²) >= 11 is 0. The molecule has 1 heterocycles. The Bertz CT molecular complexity index is 1130. The molecule has 0 fully saturated rings. The van der Waals surface area contributed by atoms with Crippen molar-refractivity contribution in [1.29, 1.82) is 0 Å². The first-order valence-electron chi connectivity index (χ1n) is 12.2. The Morgan fingerprint density at radius 2 is 1.32 bits per heavy atom. The van der Waals surface area contributed by atoms with Gasteiger partial charge in [0.1, 0.15) is 12.7 Å². The third-order valence-corrected chi connectivity index (χ3v) is 5.78. The maximum Gasteiger partial charge on any atom is 0.323 e. The van der Waals surface area contributed by atoms with Gasteiger partial charge in [-0.15, -0.1) is 0 Å². The highest BCUT2D eigenvalue weighted by molar-refractivity contribution is 5.66. The van der Waals surface area contributed by atoms with E-state index in [9.17, 15) is 4.79 Å². The monoisotopic (exact) mass is 504 g/mol. The number of carbonyl (C=O) groups excluding carboxylic acids is 1. The van der Waals surface area contributed by atoms with Crippen molar-refractivity contribution in [3.05, 3.63) is 119 Å². The van der Waals surface area contributed by atoms with Crippen LogP contribution in [0.1, 0.15) is 23.6 Å². The van der Waals surface area contributed by atoms with Crippen molar-refractivity contribution in [1.82, 2.24) is 0 Å². The molecule has 4 rings (SSSR count). The van der Waals surface area contributed by atoms with Crippen LogP contribution in [-0.4, -0.2) is 38.0 Å². The molecular weight excluding hydrogens is 472 g/mol. The summed E-state index contributed by atoms with van der Waals surface area (Å²) in [5, 5.41) is 0. The fourth-order valence-electron chi connectivity index (χ4n) is 4.00. The van der Waals surface area contributed by atoms with Gasteiger partial charge in [-0.25, -0.2) is 0 Å². The van der Waals surface area contributed by atoms with E-state index in [2.05, 4.69) is 0 Å². The van der Waals surface area contributed by atoms with Gasteiger partial charge in [0.25, 0.3) is 0 Å². The number of carbonyl (C=O) groups is 1. The van der Waals surface area contributed by atoms with Crippen LogP contribution in [0.5, 0.6) is 0 Å². The topological polar surface area (TPSA) is 72.5 Å². The molecule has 0 saturated carbocycles. The zero-order valence-electron chi connectivity index (χ0n) is 21.1. The molecule has 0 N–H and O–H groups in total. The largest absolute Gasteiger partial charge is 0.483 e. The molecule has 1 aliphatic heterocycles. The molecular formula is C30H32O7. The third kappa shape index (κ3) is 7.59. The maximum absolute atomic E-state index is 12.2. The van der Waals surface area contributed by atoms with E-state index in [0.29, 0.717) is 6.61 Å². The van der Waals surface area contributed by atoms with E-state index in [1.54, 1.807) is 0 Å². The fraction of sp³-hybridized carbons (Fsp3) is 0.300. The van der Waals surface area contributed by atoms with Gasteiger partial charge in [-0.3, -0.25) is 4.79 Å². The zero-order valence-corrected chi connectivity index (χ0v) is 21.1. The summed E-state index contributed by atoms with van der Waals surface area (Å²) in [4.78, 5) is 12.2. The molecule has 0 radical (unpaired) electrons. The summed E-state index contributed by atoms with van der Waals surface area (Å²) in [6.07, 6.45) is -2.21. The van der Waals surface area contributed by atoms with E-state index in [1.165, 1.54) is 14.0 Å². The van der Waals surface area contributed by atoms with Gasteiger partial charge in [0.2, 0.25) is 5.76 Å². The van der Waals surface area contributed by atoms with Gasteiger partial charge in [-0.2, -0.15) is 0 Å². The van der Waals surface area contributed by atoms with E-state index >= 15 is 0 Å². The van der Waals surface area contributed by atoms with Crippen molar-refractivity contribution in [2.24, 2.45) is 0 Å². The molecule has 3 atom stereocenters. The van der Waals surface area contributed by atoms with E-state index in [4.69, 9.17) is 28.4 Å². The number of ether oxygens (including phenoxy) is 6. The Kier molecular flexibility index (Phi) is 9.57. The van der Waals surface area contributed by atoms with Gasteiger partial charge in [0, 0.05) is 6.92 Å². The predicted molar refractivity (Wildman–Crippen MR) is 137 cm³/mol. The molecule has 3 aromatic carbocycles. The van der Waals surface area contributed by atoms with Crippen molar-refractivity contribution < 1.29 is 33.2 Å². The fourth-order valence-corrected chi connectivity index (χ4v) is 4.00. The molecule has 194 valence electrons. The Hall–Kier alpha value is -3.81. The Morgan fingerprint density at radius 1 is 0.784 bits per heavy atom. The molecule has 0 spiro atoms. The van der Waals surface area contributed by atoms with Gasteiger partial charge in [-0.05, 0) is 16.7 Å². The molecule has 3 aromatic rings. The van der Waals surface area contributed by atoms with Crippen LogP contribution in [-0.2, 0) is 53.0 Å². The first-order chi connectivity index (χ1) is 18.1. The van der Waals surface area contributed by atoms with Crippen LogP contribution >= 0.6 is 0 Å². The molecule has 2 unspecified atom stereocenters. The van der Waals surface area contributed by atoms with E-state index in [0.717, 1.165) is 16.7 Å². The normalized spacial score (nSPS) is 19.1. The lowest BCUT2D eigenvalue weighted by molar-refractivity contribution is -0.195. The predicted octanol–water partition coefficient (Wildman–Crippen LogP) is 5.15. The number of hydrogen-bond acceptors (Lipinski definition) is 7. The summed E-state index contributed by atoms with van der Waals surface area (Å²) in [5.41, 5.74) is 2.95. The maximum atomic E-state index is 12.2. The number of hydrogen-bond donors (Lipinski definition) is 0. The Balaban J connectivity index is 1.57. The highest BCUT2D eigenvalue weighted by Crippen LogP contribution is 2.32. The minimum absolute atomic E-state index is 0.134. The van der Waals surface area contributed by atoms with Crippen LogP contribution in [0.4, 0.5) is 0 Å². The second-order valence-corrected chi connectivity index (χ2v) is 8.58. The summed E-state index contributed by atoms with van der Waals surface area (Å²) in [5.74, 6) is -0.0746. The number of methoxy groups -OCH3 is 1. The highest BCUT2D eigenvalue weighted by atomic mass is 16.7. The lowest BCUT2D eigenvalue weighted by atomic mass is 10.0. The van der Waals surface area contributed by atoms with Crippen LogP contribution in [0.15, 0.2) is 103 Å². The molecule has 0 bridgehead atoms. The van der Waals surface area contributed by atoms with Crippen LogP contribution in [0.2, 0.25) is 0 Å². The standard InChI is InChI=1S/C30H32O7/c1-22(31)36-28-27(34-19-24-14-8-4-9-15-24)26(21-33-18-23-12-6-3-7-13-23)37-30(32-2)29(28)35-20-25-16-10-5-11-17-25/h3-17,26-28H,18-21H2,1-2H3/t26?,27-,28?/m1/s1. The number of esters is 1. The van der Waals surface area contributed by atoms with Gasteiger partial charge in [-0.1, -0.05) is 91.0 Å². The van der Waals surface area contributed by atoms with Gasteiger partial charge in [0.15, 0.2) is 12.2 Å².